The van der Waals surface area contributed by atoms with E-state index in [1.807, 2.05) is 6.26 Å². The van der Waals surface area contributed by atoms with Crippen molar-refractivity contribution in [1.29, 1.82) is 0 Å². The van der Waals surface area contributed by atoms with Crippen LogP contribution in [0.25, 0.3) is 0 Å². The monoisotopic (exact) mass is 617 g/mol. The lowest BCUT2D eigenvalue weighted by Gasteiger charge is -2.19. The molecule has 0 saturated carbocycles. The van der Waals surface area contributed by atoms with Gasteiger partial charge in [-0.05, 0) is 82.3 Å². The first-order valence-corrected chi connectivity index (χ1v) is 15.6. The highest BCUT2D eigenvalue weighted by Crippen LogP contribution is 2.28. The fraction of sp³-hybridized carbons (Fsp3) is 0.548. The van der Waals surface area contributed by atoms with Crippen molar-refractivity contribution in [2.24, 2.45) is 5.73 Å². The van der Waals surface area contributed by atoms with Crippen molar-refractivity contribution in [2.75, 3.05) is 31.7 Å². The van der Waals surface area contributed by atoms with Gasteiger partial charge in [-0.3, -0.25) is 9.59 Å². The maximum atomic E-state index is 13.3. The van der Waals surface area contributed by atoms with E-state index in [1.54, 1.807) is 37.7 Å². The Morgan fingerprint density at radius 2 is 1.74 bits per heavy atom. The maximum absolute atomic E-state index is 13.3. The van der Waals surface area contributed by atoms with Gasteiger partial charge in [0, 0.05) is 12.5 Å². The van der Waals surface area contributed by atoms with Crippen molar-refractivity contribution in [2.45, 2.75) is 78.1 Å². The van der Waals surface area contributed by atoms with E-state index in [0.717, 1.165) is 36.5 Å². The number of carbonyl (C=O) groups is 2. The summed E-state index contributed by atoms with van der Waals surface area (Å²) in [6.45, 7) is 10.4. The topological polar surface area (TPSA) is 93.5 Å². The van der Waals surface area contributed by atoms with Crippen LogP contribution in [0.3, 0.4) is 0 Å². The molecule has 0 aliphatic carbocycles. The fourth-order valence-corrected chi connectivity index (χ4v) is 3.92. The summed E-state index contributed by atoms with van der Waals surface area (Å²) in [6, 6.07) is 9.79. The van der Waals surface area contributed by atoms with Crippen molar-refractivity contribution in [3.05, 3.63) is 65.5 Å². The number of Topliss-reactive ketones (excluding diaryl/α,β-unsaturated/α-hetero) is 1. The number of hydrogen-bond acceptors (Lipinski definition) is 6. The number of benzene rings is 2. The molecule has 6 nitrogen and oxygen atoms in total. The summed E-state index contributed by atoms with van der Waals surface area (Å²) < 4.78 is 54.1. The average molecular weight is 618 g/mol. The van der Waals surface area contributed by atoms with E-state index < -0.39 is 23.8 Å². The molecule has 0 radical (unpaired) electrons. The number of ether oxygens (including phenoxy) is 1. The minimum absolute atomic E-state index is 0.141. The summed E-state index contributed by atoms with van der Waals surface area (Å²) in [5.41, 5.74) is 5.85. The molecular weight excluding hydrogens is 570 g/mol. The molecule has 2 aromatic rings. The van der Waals surface area contributed by atoms with Gasteiger partial charge in [-0.15, -0.1) is 0 Å². The van der Waals surface area contributed by atoms with E-state index in [1.165, 1.54) is 30.7 Å². The Balaban J connectivity index is 0.000000851. The van der Waals surface area contributed by atoms with E-state index in [9.17, 15) is 27.2 Å². The van der Waals surface area contributed by atoms with Crippen LogP contribution >= 0.6 is 11.8 Å². The minimum atomic E-state index is -4.21. The second-order valence-electron chi connectivity index (χ2n) is 9.58. The number of carbonyl (C=O) groups excluding carboxylic acids is 2. The van der Waals surface area contributed by atoms with Crippen molar-refractivity contribution in [3.63, 3.8) is 0 Å². The van der Waals surface area contributed by atoms with E-state index >= 15 is 0 Å². The van der Waals surface area contributed by atoms with Gasteiger partial charge in [0.2, 0.25) is 5.91 Å². The van der Waals surface area contributed by atoms with Crippen LogP contribution in [0.1, 0.15) is 64.0 Å². The Labute approximate surface area is 252 Å². The Morgan fingerprint density at radius 3 is 2.21 bits per heavy atom. The Kier molecular flexibility index (Phi) is 21.5. The quantitative estimate of drug-likeness (QED) is 0.155. The Hall–Kier alpha value is -2.63. The number of unbranched alkanes of at least 4 members (excludes halogenated alkanes) is 1. The highest BCUT2D eigenvalue weighted by atomic mass is 32.2. The summed E-state index contributed by atoms with van der Waals surface area (Å²) >= 11 is 1.62. The van der Waals surface area contributed by atoms with Crippen molar-refractivity contribution >= 4 is 23.5 Å². The first-order chi connectivity index (χ1) is 19.8. The molecule has 2 rings (SSSR count). The molecule has 2 aromatic carbocycles. The highest BCUT2D eigenvalue weighted by molar-refractivity contribution is 7.98. The summed E-state index contributed by atoms with van der Waals surface area (Å²) in [5.74, 6) is 0.648. The van der Waals surface area contributed by atoms with Crippen LogP contribution in [-0.4, -0.2) is 55.5 Å². The van der Waals surface area contributed by atoms with Crippen LogP contribution < -0.4 is 21.1 Å². The van der Waals surface area contributed by atoms with Crippen LogP contribution in [0.2, 0.25) is 0 Å². The Morgan fingerprint density at radius 1 is 1.07 bits per heavy atom. The molecule has 0 heterocycles. The third kappa shape index (κ3) is 19.5. The summed E-state index contributed by atoms with van der Waals surface area (Å²) in [5, 5.41) is 5.98. The van der Waals surface area contributed by atoms with Gasteiger partial charge in [0.25, 0.3) is 0 Å². The standard InChI is InChI=1S/C19H29FN2O3S.C7H5F3.C5H13N/c1-13-10-15(20)12-16(11-13)25-8-5-4-6-18(23)22-17(7-9-26-3)19(24)14(2)21;8-7(9,10)6-4-2-1-3-5-6;1-3-5-6-4-2/h10-12,14,17H,4-9,21H2,1-3H3,(H,22,23);1-5H;6H,3-5H2,1-2H3. The second-order valence-corrected chi connectivity index (χ2v) is 10.6. The van der Waals surface area contributed by atoms with Crippen LogP contribution in [0.4, 0.5) is 17.6 Å². The molecule has 42 heavy (non-hydrogen) atoms. The number of alkyl halides is 3. The maximum Gasteiger partial charge on any atom is 0.416 e. The van der Waals surface area contributed by atoms with E-state index in [-0.39, 0.29) is 17.5 Å². The van der Waals surface area contributed by atoms with E-state index in [2.05, 4.69) is 24.5 Å². The van der Waals surface area contributed by atoms with Gasteiger partial charge in [-0.25, -0.2) is 4.39 Å². The van der Waals surface area contributed by atoms with E-state index in [0.29, 0.717) is 38.0 Å². The Bertz CT molecular complexity index is 984. The van der Waals surface area contributed by atoms with Crippen molar-refractivity contribution < 1.29 is 31.9 Å². The minimum Gasteiger partial charge on any atom is -0.493 e. The molecule has 4 N–H and O–H groups in total. The highest BCUT2D eigenvalue weighted by Gasteiger charge is 2.29. The van der Waals surface area contributed by atoms with Gasteiger partial charge in [-0.2, -0.15) is 24.9 Å². The van der Waals surface area contributed by atoms with Gasteiger partial charge in [0.1, 0.15) is 11.6 Å². The number of hydrogen-bond donors (Lipinski definition) is 3. The number of thioether (sulfide) groups is 1. The number of halogens is 4. The van der Waals surface area contributed by atoms with Gasteiger partial charge in [0.05, 0.1) is 24.3 Å². The van der Waals surface area contributed by atoms with Gasteiger partial charge >= 0.3 is 6.18 Å². The normalized spacial score (nSPS) is 12.1. The third-order valence-electron chi connectivity index (χ3n) is 5.60. The number of nitrogens with two attached hydrogens (primary N) is 1. The number of rotatable bonds is 15. The first kappa shape index (κ1) is 39.4. The van der Waals surface area contributed by atoms with Crippen LogP contribution in [0, 0.1) is 12.7 Å². The van der Waals surface area contributed by atoms with Crippen LogP contribution in [-0.2, 0) is 15.8 Å². The summed E-state index contributed by atoms with van der Waals surface area (Å²) in [7, 11) is 0. The zero-order valence-corrected chi connectivity index (χ0v) is 26.2. The van der Waals surface area contributed by atoms with Gasteiger partial charge in [0.15, 0.2) is 5.78 Å². The fourth-order valence-electron chi connectivity index (χ4n) is 3.45. The lowest BCUT2D eigenvalue weighted by atomic mass is 10.0. The van der Waals surface area contributed by atoms with E-state index in [4.69, 9.17) is 10.5 Å². The molecule has 0 saturated heterocycles. The first-order valence-electron chi connectivity index (χ1n) is 14.2. The number of aryl methyl sites for hydroxylation is 1. The van der Waals surface area contributed by atoms with Crippen LogP contribution in [0.5, 0.6) is 5.75 Å². The third-order valence-corrected chi connectivity index (χ3v) is 6.24. The molecule has 2 unspecified atom stereocenters. The lowest BCUT2D eigenvalue weighted by Crippen LogP contribution is -2.47. The zero-order chi connectivity index (χ0) is 32.0. The largest absolute Gasteiger partial charge is 0.493 e. The molecular formula is C31H47F4N3O3S. The molecule has 0 spiro atoms. The molecule has 11 heteroatoms. The smallest absolute Gasteiger partial charge is 0.416 e. The second kappa shape index (κ2) is 22.9. The molecule has 0 aliphatic heterocycles. The predicted molar refractivity (Wildman–Crippen MR) is 164 cm³/mol. The summed E-state index contributed by atoms with van der Waals surface area (Å²) in [4.78, 5) is 24.1. The number of ketones is 1. The zero-order valence-electron chi connectivity index (χ0n) is 25.4. The van der Waals surface area contributed by atoms with Crippen molar-refractivity contribution in [3.8, 4) is 5.75 Å². The van der Waals surface area contributed by atoms with Crippen LogP contribution in [0.15, 0.2) is 48.5 Å². The number of amides is 1. The molecule has 0 aliphatic rings. The molecule has 0 bridgehead atoms. The molecule has 238 valence electrons. The SMILES string of the molecule is CCCNCC.CSCCC(NC(=O)CCCCOc1cc(C)cc(F)c1)C(=O)C(C)N.FC(F)(F)c1ccccc1. The average Bonchev–Trinajstić information content (AvgIpc) is 2.93. The molecule has 1 amide bonds. The molecule has 0 fully saturated rings. The lowest BCUT2D eigenvalue weighted by molar-refractivity contribution is -0.137. The summed E-state index contributed by atoms with van der Waals surface area (Å²) in [6.07, 6.45) is 1.18. The van der Waals surface area contributed by atoms with Gasteiger partial charge < -0.3 is 21.1 Å². The van der Waals surface area contributed by atoms with Gasteiger partial charge in [-0.1, -0.05) is 44.2 Å². The molecule has 0 aromatic heterocycles. The predicted octanol–water partition coefficient (Wildman–Crippen LogP) is 6.55. The number of nitrogens with one attached hydrogen (secondary N) is 2. The van der Waals surface area contributed by atoms with Crippen molar-refractivity contribution in [1.82, 2.24) is 10.6 Å². The molecule has 2 atom stereocenters.